The molecule has 0 spiro atoms. The first-order chi connectivity index (χ1) is 8.20. The van der Waals surface area contributed by atoms with Gasteiger partial charge in [-0.15, -0.1) is 0 Å². The van der Waals surface area contributed by atoms with Crippen molar-refractivity contribution in [2.75, 3.05) is 7.11 Å². The average molecular weight is 230 g/mol. The first kappa shape index (κ1) is 10.5. The second-order valence-corrected chi connectivity index (χ2v) is 4.78. The lowest BCUT2D eigenvalue weighted by Gasteiger charge is -2.03. The molecule has 0 aliphatic heterocycles. The fraction of sp³-hybridized carbons (Fsp3) is 0.429. The van der Waals surface area contributed by atoms with E-state index in [-0.39, 0.29) is 5.78 Å². The van der Waals surface area contributed by atoms with Crippen LogP contribution in [0.5, 0.6) is 0 Å². The van der Waals surface area contributed by atoms with Crippen LogP contribution >= 0.6 is 0 Å². The van der Waals surface area contributed by atoms with Gasteiger partial charge in [0.15, 0.2) is 5.78 Å². The van der Waals surface area contributed by atoms with Crippen LogP contribution in [0.2, 0.25) is 0 Å². The first-order valence-corrected chi connectivity index (χ1v) is 5.97. The molecule has 3 nitrogen and oxygen atoms in total. The van der Waals surface area contributed by atoms with Crippen LogP contribution in [-0.2, 0) is 28.8 Å². The molecule has 17 heavy (non-hydrogen) atoms. The fourth-order valence-corrected chi connectivity index (χ4v) is 2.91. The number of fused-ring (bicyclic) bond motifs is 2. The summed E-state index contributed by atoms with van der Waals surface area (Å²) in [7, 11) is 1.33. The summed E-state index contributed by atoms with van der Waals surface area (Å²) in [6.45, 7) is 0. The van der Waals surface area contributed by atoms with Crippen molar-refractivity contribution in [3.63, 3.8) is 0 Å². The third kappa shape index (κ3) is 1.49. The number of rotatable bonds is 1. The summed E-state index contributed by atoms with van der Waals surface area (Å²) in [5, 5.41) is 0. The Bertz CT molecular complexity index is 516. The molecule has 2 aliphatic carbocycles. The lowest BCUT2D eigenvalue weighted by molar-refractivity contribution is -0.143. The van der Waals surface area contributed by atoms with Crippen LogP contribution in [0.1, 0.15) is 33.5 Å². The summed E-state index contributed by atoms with van der Waals surface area (Å²) in [6, 6.07) is 4.10. The topological polar surface area (TPSA) is 43.4 Å². The van der Waals surface area contributed by atoms with Gasteiger partial charge < -0.3 is 4.74 Å². The smallest absolute Gasteiger partial charge is 0.316 e. The Kier molecular flexibility index (Phi) is 2.28. The zero-order valence-corrected chi connectivity index (χ0v) is 9.79. The van der Waals surface area contributed by atoms with Crippen molar-refractivity contribution >= 4 is 11.8 Å². The van der Waals surface area contributed by atoms with Gasteiger partial charge in [-0.2, -0.15) is 0 Å². The van der Waals surface area contributed by atoms with Crippen LogP contribution in [0.3, 0.4) is 0 Å². The fourth-order valence-electron chi connectivity index (χ4n) is 2.91. The van der Waals surface area contributed by atoms with E-state index in [1.165, 1.54) is 24.7 Å². The van der Waals surface area contributed by atoms with Crippen molar-refractivity contribution in [2.45, 2.75) is 25.7 Å². The minimum Gasteiger partial charge on any atom is -0.468 e. The lowest BCUT2D eigenvalue weighted by atomic mass is 10.0. The Morgan fingerprint density at radius 2 is 1.94 bits per heavy atom. The maximum absolute atomic E-state index is 12.1. The lowest BCUT2D eigenvalue weighted by Crippen LogP contribution is -2.21. The van der Waals surface area contributed by atoms with Crippen molar-refractivity contribution in [1.29, 1.82) is 0 Å². The Labute approximate surface area is 99.8 Å². The van der Waals surface area contributed by atoms with Gasteiger partial charge in [-0.3, -0.25) is 9.59 Å². The molecular weight excluding hydrogens is 216 g/mol. The number of carbonyl (C=O) groups is 2. The molecule has 0 fully saturated rings. The zero-order chi connectivity index (χ0) is 12.0. The normalized spacial score (nSPS) is 21.2. The second-order valence-electron chi connectivity index (χ2n) is 4.78. The molecule has 0 amide bonds. The van der Waals surface area contributed by atoms with Crippen LogP contribution < -0.4 is 0 Å². The standard InChI is InChI=1S/C14H14O3/c1-17-14(16)12-7-10-5-8-3-2-4-9(8)6-11(10)13(12)15/h5-6,12H,2-4,7H2,1H3/t12-/m0/s1. The van der Waals surface area contributed by atoms with Crippen LogP contribution in [0.25, 0.3) is 0 Å². The van der Waals surface area contributed by atoms with E-state index in [2.05, 4.69) is 10.8 Å². The molecule has 0 heterocycles. The number of Topliss-reactive ketones (excluding diaryl/α,β-unsaturated/α-hetero) is 1. The molecule has 0 bridgehead atoms. The van der Waals surface area contributed by atoms with Gasteiger partial charge in [0.2, 0.25) is 0 Å². The molecule has 3 heteroatoms. The summed E-state index contributed by atoms with van der Waals surface area (Å²) < 4.78 is 4.68. The van der Waals surface area contributed by atoms with Crippen LogP contribution in [-0.4, -0.2) is 18.9 Å². The van der Waals surface area contributed by atoms with E-state index in [1.807, 2.05) is 6.07 Å². The number of ketones is 1. The number of hydrogen-bond donors (Lipinski definition) is 0. The third-order valence-electron chi connectivity index (χ3n) is 3.81. The molecule has 3 rings (SSSR count). The number of benzene rings is 1. The number of ether oxygens (including phenoxy) is 1. The highest BCUT2D eigenvalue weighted by Crippen LogP contribution is 2.33. The molecule has 2 aliphatic rings. The Hall–Kier alpha value is -1.64. The molecule has 1 aromatic carbocycles. The second kappa shape index (κ2) is 3.69. The van der Waals surface area contributed by atoms with Gasteiger partial charge in [-0.05, 0) is 48.4 Å². The monoisotopic (exact) mass is 230 g/mol. The largest absolute Gasteiger partial charge is 0.468 e. The summed E-state index contributed by atoms with van der Waals surface area (Å²) >= 11 is 0. The van der Waals surface area contributed by atoms with Gasteiger partial charge in [-0.1, -0.05) is 6.07 Å². The minimum atomic E-state index is -0.613. The van der Waals surface area contributed by atoms with E-state index >= 15 is 0 Å². The molecule has 0 unspecified atom stereocenters. The minimum absolute atomic E-state index is 0.0680. The van der Waals surface area contributed by atoms with Gasteiger partial charge in [0.25, 0.3) is 0 Å². The van der Waals surface area contributed by atoms with Gasteiger partial charge in [0.1, 0.15) is 5.92 Å². The number of esters is 1. The van der Waals surface area contributed by atoms with Crippen molar-refractivity contribution in [3.8, 4) is 0 Å². The Balaban J connectivity index is 2.01. The van der Waals surface area contributed by atoms with Crippen molar-refractivity contribution in [1.82, 2.24) is 0 Å². The summed E-state index contributed by atoms with van der Waals surface area (Å²) in [5.74, 6) is -1.09. The summed E-state index contributed by atoms with van der Waals surface area (Å²) in [5.41, 5.74) is 4.39. The molecule has 0 N–H and O–H groups in total. The van der Waals surface area contributed by atoms with Crippen LogP contribution in [0.15, 0.2) is 12.1 Å². The quantitative estimate of drug-likeness (QED) is 0.545. The van der Waals surface area contributed by atoms with E-state index in [9.17, 15) is 9.59 Å². The van der Waals surface area contributed by atoms with E-state index in [1.54, 1.807) is 0 Å². The molecule has 1 aromatic rings. The third-order valence-corrected chi connectivity index (χ3v) is 3.81. The molecule has 88 valence electrons. The number of carbonyl (C=O) groups excluding carboxylic acids is 2. The summed E-state index contributed by atoms with van der Waals surface area (Å²) in [6.07, 6.45) is 3.83. The van der Waals surface area contributed by atoms with Crippen LogP contribution in [0.4, 0.5) is 0 Å². The molecule has 0 aromatic heterocycles. The highest BCUT2D eigenvalue weighted by atomic mass is 16.5. The highest BCUT2D eigenvalue weighted by Gasteiger charge is 2.37. The zero-order valence-electron chi connectivity index (χ0n) is 9.79. The highest BCUT2D eigenvalue weighted by molar-refractivity contribution is 6.12. The van der Waals surface area contributed by atoms with Gasteiger partial charge in [0, 0.05) is 5.56 Å². The van der Waals surface area contributed by atoms with E-state index in [4.69, 9.17) is 0 Å². The number of hydrogen-bond acceptors (Lipinski definition) is 3. The maximum atomic E-state index is 12.1. The summed E-state index contributed by atoms with van der Waals surface area (Å²) in [4.78, 5) is 23.6. The van der Waals surface area contributed by atoms with Gasteiger partial charge in [-0.25, -0.2) is 0 Å². The van der Waals surface area contributed by atoms with E-state index in [0.29, 0.717) is 6.42 Å². The molecule has 0 saturated carbocycles. The van der Waals surface area contributed by atoms with Gasteiger partial charge >= 0.3 is 5.97 Å². The average Bonchev–Trinajstić information content (AvgIpc) is 2.91. The molecule has 1 atom stereocenters. The van der Waals surface area contributed by atoms with E-state index < -0.39 is 11.9 Å². The first-order valence-electron chi connectivity index (χ1n) is 5.97. The Morgan fingerprint density at radius 1 is 1.24 bits per heavy atom. The maximum Gasteiger partial charge on any atom is 0.316 e. The SMILES string of the molecule is COC(=O)[C@H]1Cc2cc3c(cc2C1=O)CCC3. The van der Waals surface area contributed by atoms with E-state index in [0.717, 1.165) is 24.0 Å². The van der Waals surface area contributed by atoms with Crippen molar-refractivity contribution in [3.05, 3.63) is 34.4 Å². The van der Waals surface area contributed by atoms with Crippen molar-refractivity contribution in [2.24, 2.45) is 5.92 Å². The molecule has 0 saturated heterocycles. The number of aryl methyl sites for hydroxylation is 2. The van der Waals surface area contributed by atoms with Crippen molar-refractivity contribution < 1.29 is 14.3 Å². The molecular formula is C14H14O3. The van der Waals surface area contributed by atoms with Crippen LogP contribution in [0, 0.1) is 5.92 Å². The van der Waals surface area contributed by atoms with Gasteiger partial charge in [0.05, 0.1) is 7.11 Å². The number of methoxy groups -OCH3 is 1. The Morgan fingerprint density at radius 3 is 2.65 bits per heavy atom. The molecule has 0 radical (unpaired) electrons. The predicted molar refractivity (Wildman–Crippen MR) is 62.0 cm³/mol. The predicted octanol–water partition coefficient (Wildman–Crippen LogP) is 1.70.